The lowest BCUT2D eigenvalue weighted by molar-refractivity contribution is -0.137. The molecule has 0 atom stereocenters. The molecule has 1 amide bonds. The minimum atomic E-state index is -4.49. The minimum absolute atomic E-state index is 0.107. The van der Waals surface area contributed by atoms with E-state index in [0.29, 0.717) is 11.7 Å². The summed E-state index contributed by atoms with van der Waals surface area (Å²) in [7, 11) is 0. The fraction of sp³-hybridized carbons (Fsp3) is 0.381. The second kappa shape index (κ2) is 8.86. The first-order chi connectivity index (χ1) is 13.3. The molecule has 1 saturated carbocycles. The van der Waals surface area contributed by atoms with Gasteiger partial charge in [0.15, 0.2) is 6.61 Å². The maximum atomic E-state index is 12.7. The Kier molecular flexibility index (Phi) is 6.50. The summed E-state index contributed by atoms with van der Waals surface area (Å²) in [6, 6.07) is 10.5. The molecule has 1 aliphatic carbocycles. The molecule has 0 radical (unpaired) electrons. The maximum absolute atomic E-state index is 12.7. The van der Waals surface area contributed by atoms with Gasteiger partial charge in [0, 0.05) is 0 Å². The largest absolute Gasteiger partial charge is 0.484 e. The van der Waals surface area contributed by atoms with Gasteiger partial charge < -0.3 is 10.1 Å². The molecular weight excluding hydrogens is 391 g/mol. The average molecular weight is 412 g/mol. The summed E-state index contributed by atoms with van der Waals surface area (Å²) in [5.41, 5.74) is 0.522. The summed E-state index contributed by atoms with van der Waals surface area (Å²) in [6.45, 7) is -0.264. The van der Waals surface area contributed by atoms with Crippen molar-refractivity contribution < 1.29 is 22.7 Å². The third-order valence-corrected chi connectivity index (χ3v) is 5.21. The van der Waals surface area contributed by atoms with Crippen LogP contribution in [0.2, 0.25) is 5.02 Å². The van der Waals surface area contributed by atoms with Crippen LogP contribution >= 0.6 is 11.6 Å². The number of anilines is 1. The predicted molar refractivity (Wildman–Crippen MR) is 103 cm³/mol. The smallest absolute Gasteiger partial charge is 0.416 e. The molecule has 0 aliphatic heterocycles. The molecule has 2 aromatic carbocycles. The Bertz CT molecular complexity index is 815. The van der Waals surface area contributed by atoms with Crippen LogP contribution in [0.4, 0.5) is 18.9 Å². The lowest BCUT2D eigenvalue weighted by atomic mass is 9.84. The van der Waals surface area contributed by atoms with Gasteiger partial charge >= 0.3 is 6.18 Å². The van der Waals surface area contributed by atoms with Crippen LogP contribution in [-0.2, 0) is 11.0 Å². The summed E-state index contributed by atoms with van der Waals surface area (Å²) < 4.78 is 43.4. The van der Waals surface area contributed by atoms with Gasteiger partial charge in [0.2, 0.25) is 0 Å². The van der Waals surface area contributed by atoms with E-state index in [9.17, 15) is 18.0 Å². The minimum Gasteiger partial charge on any atom is -0.484 e. The topological polar surface area (TPSA) is 38.3 Å². The number of ether oxygens (including phenoxy) is 1. The Hall–Kier alpha value is -2.21. The Morgan fingerprint density at radius 2 is 1.75 bits per heavy atom. The molecule has 0 heterocycles. The molecule has 3 nitrogen and oxygen atoms in total. The number of carbonyl (C=O) groups is 1. The van der Waals surface area contributed by atoms with Crippen LogP contribution in [0, 0.1) is 0 Å². The van der Waals surface area contributed by atoms with E-state index in [1.54, 1.807) is 0 Å². The zero-order chi connectivity index (χ0) is 20.1. The van der Waals surface area contributed by atoms with Crippen LogP contribution in [0.3, 0.4) is 0 Å². The molecule has 0 spiro atoms. The highest BCUT2D eigenvalue weighted by molar-refractivity contribution is 6.33. The van der Waals surface area contributed by atoms with E-state index in [0.717, 1.165) is 18.2 Å². The number of alkyl halides is 3. The van der Waals surface area contributed by atoms with Gasteiger partial charge in [-0.3, -0.25) is 4.79 Å². The highest BCUT2D eigenvalue weighted by Crippen LogP contribution is 2.34. The highest BCUT2D eigenvalue weighted by Gasteiger charge is 2.31. The van der Waals surface area contributed by atoms with Crippen molar-refractivity contribution in [2.75, 3.05) is 11.9 Å². The van der Waals surface area contributed by atoms with E-state index in [4.69, 9.17) is 16.3 Å². The second-order valence-electron chi connectivity index (χ2n) is 6.93. The Morgan fingerprint density at radius 1 is 1.07 bits per heavy atom. The van der Waals surface area contributed by atoms with Gasteiger partial charge in [-0.15, -0.1) is 0 Å². The van der Waals surface area contributed by atoms with Crippen molar-refractivity contribution in [1.82, 2.24) is 0 Å². The SMILES string of the molecule is O=C(COc1ccc(C2CCCCC2)cc1)Nc1ccc(C(F)(F)F)cc1Cl. The van der Waals surface area contributed by atoms with Crippen molar-refractivity contribution in [1.29, 1.82) is 0 Å². The van der Waals surface area contributed by atoms with E-state index in [1.165, 1.54) is 37.7 Å². The van der Waals surface area contributed by atoms with Gasteiger partial charge in [-0.05, 0) is 54.7 Å². The summed E-state index contributed by atoms with van der Waals surface area (Å²) in [6.07, 6.45) is 1.74. The Balaban J connectivity index is 1.53. The summed E-state index contributed by atoms with van der Waals surface area (Å²) in [4.78, 5) is 12.0. The molecule has 0 saturated heterocycles. The van der Waals surface area contributed by atoms with Crippen molar-refractivity contribution in [3.63, 3.8) is 0 Å². The maximum Gasteiger partial charge on any atom is 0.416 e. The molecule has 7 heteroatoms. The predicted octanol–water partition coefficient (Wildman–Crippen LogP) is 6.42. The third-order valence-electron chi connectivity index (χ3n) is 4.90. The van der Waals surface area contributed by atoms with Crippen molar-refractivity contribution in [3.05, 3.63) is 58.6 Å². The number of hydrogen-bond donors (Lipinski definition) is 1. The second-order valence-corrected chi connectivity index (χ2v) is 7.34. The van der Waals surface area contributed by atoms with E-state index >= 15 is 0 Å². The molecule has 0 bridgehead atoms. The van der Waals surface area contributed by atoms with Crippen molar-refractivity contribution >= 4 is 23.2 Å². The zero-order valence-electron chi connectivity index (χ0n) is 15.2. The van der Waals surface area contributed by atoms with E-state index in [2.05, 4.69) is 5.32 Å². The molecule has 28 heavy (non-hydrogen) atoms. The van der Waals surface area contributed by atoms with E-state index < -0.39 is 17.6 Å². The van der Waals surface area contributed by atoms with Crippen molar-refractivity contribution in [3.8, 4) is 5.75 Å². The first-order valence-electron chi connectivity index (χ1n) is 9.22. The molecule has 1 N–H and O–H groups in total. The van der Waals surface area contributed by atoms with Gasteiger partial charge in [0.25, 0.3) is 5.91 Å². The normalized spacial score (nSPS) is 15.3. The number of benzene rings is 2. The Morgan fingerprint density at radius 3 is 2.36 bits per heavy atom. The van der Waals surface area contributed by atoms with Gasteiger partial charge in [-0.1, -0.05) is 43.0 Å². The summed E-state index contributed by atoms with van der Waals surface area (Å²) in [5.74, 6) is 0.652. The number of halogens is 4. The number of hydrogen-bond acceptors (Lipinski definition) is 2. The molecule has 3 rings (SSSR count). The van der Waals surface area contributed by atoms with Crippen molar-refractivity contribution in [2.24, 2.45) is 0 Å². The van der Waals surface area contributed by atoms with Gasteiger partial charge in [0.05, 0.1) is 16.3 Å². The molecular formula is C21H21ClF3NO2. The first-order valence-corrected chi connectivity index (χ1v) is 9.60. The fourth-order valence-electron chi connectivity index (χ4n) is 3.40. The van der Waals surface area contributed by atoms with Gasteiger partial charge in [-0.2, -0.15) is 13.2 Å². The lowest BCUT2D eigenvalue weighted by Gasteiger charge is -2.22. The zero-order valence-corrected chi connectivity index (χ0v) is 15.9. The molecule has 2 aromatic rings. The van der Waals surface area contributed by atoms with Crippen LogP contribution < -0.4 is 10.1 Å². The number of amides is 1. The molecule has 1 aliphatic rings. The summed E-state index contributed by atoms with van der Waals surface area (Å²) in [5, 5.41) is 2.28. The Labute approximate surface area is 166 Å². The van der Waals surface area contributed by atoms with E-state index in [-0.39, 0.29) is 17.3 Å². The van der Waals surface area contributed by atoms with Gasteiger partial charge in [0.1, 0.15) is 5.75 Å². The molecule has 0 unspecified atom stereocenters. The number of rotatable bonds is 5. The quantitative estimate of drug-likeness (QED) is 0.616. The summed E-state index contributed by atoms with van der Waals surface area (Å²) >= 11 is 5.83. The lowest BCUT2D eigenvalue weighted by Crippen LogP contribution is -2.20. The van der Waals surface area contributed by atoms with E-state index in [1.807, 2.05) is 24.3 Å². The van der Waals surface area contributed by atoms with Crippen LogP contribution in [0.15, 0.2) is 42.5 Å². The number of nitrogens with one attached hydrogen (secondary N) is 1. The number of carbonyl (C=O) groups excluding carboxylic acids is 1. The average Bonchev–Trinajstić information content (AvgIpc) is 2.68. The highest BCUT2D eigenvalue weighted by atomic mass is 35.5. The molecule has 150 valence electrons. The van der Waals surface area contributed by atoms with Crippen molar-refractivity contribution in [2.45, 2.75) is 44.2 Å². The van der Waals surface area contributed by atoms with Crippen LogP contribution in [0.5, 0.6) is 5.75 Å². The fourth-order valence-corrected chi connectivity index (χ4v) is 3.63. The third kappa shape index (κ3) is 5.41. The molecule has 0 aromatic heterocycles. The van der Waals surface area contributed by atoms with Crippen LogP contribution in [0.25, 0.3) is 0 Å². The van der Waals surface area contributed by atoms with Crippen LogP contribution in [0.1, 0.15) is 49.1 Å². The standard InChI is InChI=1S/C21H21ClF3NO2/c22-18-12-16(21(23,24)25)8-11-19(18)26-20(27)13-28-17-9-6-15(7-10-17)14-4-2-1-3-5-14/h6-12,14H,1-5,13H2,(H,26,27). The monoisotopic (exact) mass is 411 g/mol. The molecule has 1 fully saturated rings. The first kappa shape index (κ1) is 20.5. The van der Waals surface area contributed by atoms with Crippen LogP contribution in [-0.4, -0.2) is 12.5 Å². The van der Waals surface area contributed by atoms with Gasteiger partial charge in [-0.25, -0.2) is 0 Å².